The number of nitrogens with zero attached hydrogens (tertiary/aromatic N) is 2. The minimum absolute atomic E-state index is 0.0324. The number of hydrogen-bond donors (Lipinski definition) is 1. The number of nitro benzene ring substituents is 1. The molecule has 0 radical (unpaired) electrons. The van der Waals surface area contributed by atoms with E-state index in [1.54, 1.807) is 18.2 Å². The van der Waals surface area contributed by atoms with Crippen LogP contribution in [0.4, 0.5) is 10.8 Å². The zero-order chi connectivity index (χ0) is 17.1. The van der Waals surface area contributed by atoms with Crippen molar-refractivity contribution in [2.24, 2.45) is 0 Å². The Hall–Kier alpha value is -2.71. The Labute approximate surface area is 145 Å². The number of nitrogens with one attached hydrogen (secondary N) is 1. The van der Waals surface area contributed by atoms with Crippen molar-refractivity contribution in [3.05, 3.63) is 57.6 Å². The van der Waals surface area contributed by atoms with E-state index in [0.717, 1.165) is 4.70 Å². The minimum atomic E-state index is -0.567. The van der Waals surface area contributed by atoms with Gasteiger partial charge in [0, 0.05) is 6.07 Å². The minimum Gasteiger partial charge on any atom is -0.477 e. The number of thiazole rings is 1. The molecular weight excluding hydrogens is 354 g/mol. The summed E-state index contributed by atoms with van der Waals surface area (Å²) in [5.74, 6) is -0.437. The molecule has 0 aliphatic heterocycles. The molecule has 2 aromatic carbocycles. The number of halogens is 1. The van der Waals surface area contributed by atoms with Gasteiger partial charge in [-0.15, -0.1) is 0 Å². The van der Waals surface area contributed by atoms with E-state index in [1.165, 1.54) is 29.5 Å². The summed E-state index contributed by atoms with van der Waals surface area (Å²) in [5.41, 5.74) is 0.413. The molecule has 9 heteroatoms. The Morgan fingerprint density at radius 1 is 1.29 bits per heavy atom. The molecule has 1 amide bonds. The van der Waals surface area contributed by atoms with E-state index in [1.807, 2.05) is 6.07 Å². The summed E-state index contributed by atoms with van der Waals surface area (Å²) < 4.78 is 6.07. The molecular formula is C15H10ClN3O4S. The molecule has 24 heavy (non-hydrogen) atoms. The first kappa shape index (κ1) is 16.2. The predicted octanol–water partition coefficient (Wildman–Crippen LogP) is 3.88. The number of anilines is 1. The highest BCUT2D eigenvalue weighted by molar-refractivity contribution is 7.22. The summed E-state index contributed by atoms with van der Waals surface area (Å²) in [6, 6.07) is 11.2. The highest BCUT2D eigenvalue weighted by Gasteiger charge is 2.16. The quantitative estimate of drug-likeness (QED) is 0.548. The van der Waals surface area contributed by atoms with E-state index >= 15 is 0 Å². The lowest BCUT2D eigenvalue weighted by Gasteiger charge is -2.05. The number of benzene rings is 2. The van der Waals surface area contributed by atoms with Crippen LogP contribution in [0.25, 0.3) is 10.2 Å². The number of carbonyl (C=O) groups is 1. The second-order valence-corrected chi connectivity index (χ2v) is 6.11. The Kier molecular flexibility index (Phi) is 4.59. The summed E-state index contributed by atoms with van der Waals surface area (Å²) in [4.78, 5) is 26.5. The molecule has 0 fully saturated rings. The van der Waals surface area contributed by atoms with E-state index in [2.05, 4.69) is 10.3 Å². The van der Waals surface area contributed by atoms with Gasteiger partial charge in [0.15, 0.2) is 17.5 Å². The van der Waals surface area contributed by atoms with E-state index in [9.17, 15) is 14.9 Å². The zero-order valence-electron chi connectivity index (χ0n) is 12.1. The maximum atomic E-state index is 12.0. The number of carbonyl (C=O) groups excluding carboxylic acids is 1. The number of fused-ring (bicyclic) bond motifs is 1. The van der Waals surface area contributed by atoms with Gasteiger partial charge in [0.25, 0.3) is 5.91 Å². The molecule has 0 atom stereocenters. The SMILES string of the molecule is O=C(COc1ccccc1[N+](=O)[O-])Nc1nc2c(Cl)cccc2s1. The molecule has 1 N–H and O–H groups in total. The largest absolute Gasteiger partial charge is 0.477 e. The van der Waals surface area contributed by atoms with Crippen molar-refractivity contribution in [2.75, 3.05) is 11.9 Å². The smallest absolute Gasteiger partial charge is 0.310 e. The van der Waals surface area contributed by atoms with Crippen molar-refractivity contribution < 1.29 is 14.5 Å². The Bertz CT molecular complexity index is 928. The molecule has 0 bridgehead atoms. The van der Waals surface area contributed by atoms with Gasteiger partial charge in [-0.3, -0.25) is 20.2 Å². The normalized spacial score (nSPS) is 10.5. The highest BCUT2D eigenvalue weighted by Crippen LogP contribution is 2.30. The molecule has 0 saturated carbocycles. The molecule has 0 saturated heterocycles. The van der Waals surface area contributed by atoms with E-state index in [4.69, 9.17) is 16.3 Å². The first-order valence-corrected chi connectivity index (χ1v) is 7.95. The van der Waals surface area contributed by atoms with Gasteiger partial charge in [-0.2, -0.15) is 0 Å². The molecule has 0 spiro atoms. The van der Waals surface area contributed by atoms with Crippen LogP contribution in [0.2, 0.25) is 5.02 Å². The van der Waals surface area contributed by atoms with Crippen molar-refractivity contribution in [2.45, 2.75) is 0 Å². The number of hydrogen-bond acceptors (Lipinski definition) is 6. The van der Waals surface area contributed by atoms with Gasteiger partial charge < -0.3 is 4.74 Å². The predicted molar refractivity (Wildman–Crippen MR) is 91.9 cm³/mol. The average Bonchev–Trinajstić information content (AvgIpc) is 2.97. The standard InChI is InChI=1S/C15H10ClN3O4S/c16-9-4-3-7-12-14(9)18-15(24-12)17-13(20)8-23-11-6-2-1-5-10(11)19(21)22/h1-7H,8H2,(H,17,18,20). The van der Waals surface area contributed by atoms with Crippen LogP contribution in [0.5, 0.6) is 5.75 Å². The lowest BCUT2D eigenvalue weighted by Crippen LogP contribution is -2.20. The first-order valence-electron chi connectivity index (χ1n) is 6.76. The van der Waals surface area contributed by atoms with Gasteiger partial charge in [-0.05, 0) is 18.2 Å². The summed E-state index contributed by atoms with van der Waals surface area (Å²) in [5, 5.41) is 14.4. The molecule has 0 aliphatic rings. The van der Waals surface area contributed by atoms with Gasteiger partial charge in [-0.1, -0.05) is 41.1 Å². The van der Waals surface area contributed by atoms with Crippen LogP contribution in [0.1, 0.15) is 0 Å². The van der Waals surface area contributed by atoms with Crippen LogP contribution in [0.3, 0.4) is 0 Å². The maximum Gasteiger partial charge on any atom is 0.310 e. The molecule has 3 rings (SSSR count). The zero-order valence-corrected chi connectivity index (χ0v) is 13.6. The fraction of sp³-hybridized carbons (Fsp3) is 0.0667. The second kappa shape index (κ2) is 6.81. The van der Waals surface area contributed by atoms with Crippen molar-refractivity contribution in [3.63, 3.8) is 0 Å². The van der Waals surface area contributed by atoms with Crippen LogP contribution < -0.4 is 10.1 Å². The number of nitro groups is 1. The van der Waals surface area contributed by atoms with Crippen molar-refractivity contribution in [1.82, 2.24) is 4.98 Å². The Morgan fingerprint density at radius 2 is 2.08 bits per heavy atom. The third-order valence-electron chi connectivity index (χ3n) is 3.04. The topological polar surface area (TPSA) is 94.4 Å². The number of para-hydroxylation sites is 3. The second-order valence-electron chi connectivity index (χ2n) is 4.67. The lowest BCUT2D eigenvalue weighted by molar-refractivity contribution is -0.385. The number of aromatic nitrogens is 1. The highest BCUT2D eigenvalue weighted by atomic mass is 35.5. The van der Waals surface area contributed by atoms with Crippen molar-refractivity contribution in [3.8, 4) is 5.75 Å². The van der Waals surface area contributed by atoms with Gasteiger partial charge in [0.05, 0.1) is 14.6 Å². The molecule has 7 nitrogen and oxygen atoms in total. The molecule has 1 heterocycles. The average molecular weight is 364 g/mol. The molecule has 0 aliphatic carbocycles. The number of amides is 1. The summed E-state index contributed by atoms with van der Waals surface area (Å²) in [6.45, 7) is -0.367. The third kappa shape index (κ3) is 3.44. The molecule has 122 valence electrons. The van der Waals surface area contributed by atoms with Crippen molar-refractivity contribution in [1.29, 1.82) is 0 Å². The molecule has 0 unspecified atom stereocenters. The summed E-state index contributed by atoms with van der Waals surface area (Å²) in [7, 11) is 0. The van der Waals surface area contributed by atoms with Gasteiger partial charge in [-0.25, -0.2) is 4.98 Å². The number of rotatable bonds is 5. The first-order chi connectivity index (χ1) is 11.5. The fourth-order valence-corrected chi connectivity index (χ4v) is 3.18. The van der Waals surface area contributed by atoms with Crippen LogP contribution in [-0.2, 0) is 4.79 Å². The summed E-state index contributed by atoms with van der Waals surface area (Å²) >= 11 is 7.32. The van der Waals surface area contributed by atoms with Crippen molar-refractivity contribution >= 4 is 49.9 Å². The van der Waals surface area contributed by atoms with Gasteiger partial charge in [0.1, 0.15) is 5.52 Å². The maximum absolute atomic E-state index is 12.0. The van der Waals surface area contributed by atoms with Crippen LogP contribution in [0, 0.1) is 10.1 Å². The molecule has 1 aromatic heterocycles. The third-order valence-corrected chi connectivity index (χ3v) is 4.28. The van der Waals surface area contributed by atoms with Crippen LogP contribution in [-0.4, -0.2) is 22.4 Å². The fourth-order valence-electron chi connectivity index (χ4n) is 2.00. The van der Waals surface area contributed by atoms with Crippen LogP contribution in [0.15, 0.2) is 42.5 Å². The monoisotopic (exact) mass is 363 g/mol. The van der Waals surface area contributed by atoms with Gasteiger partial charge in [0.2, 0.25) is 0 Å². The van der Waals surface area contributed by atoms with E-state index in [-0.39, 0.29) is 18.0 Å². The number of ether oxygens (including phenoxy) is 1. The van der Waals surface area contributed by atoms with E-state index < -0.39 is 10.8 Å². The Balaban J connectivity index is 1.67. The van der Waals surface area contributed by atoms with Crippen LogP contribution >= 0.6 is 22.9 Å². The Morgan fingerprint density at radius 3 is 2.83 bits per heavy atom. The van der Waals surface area contributed by atoms with Gasteiger partial charge >= 0.3 is 5.69 Å². The summed E-state index contributed by atoms with van der Waals surface area (Å²) in [6.07, 6.45) is 0. The lowest BCUT2D eigenvalue weighted by atomic mass is 10.3. The molecule has 3 aromatic rings. The van der Waals surface area contributed by atoms with E-state index in [0.29, 0.717) is 15.7 Å².